The summed E-state index contributed by atoms with van der Waals surface area (Å²) in [6, 6.07) is 6.73. The Kier molecular flexibility index (Phi) is 5.17. The van der Waals surface area contributed by atoms with Crippen molar-refractivity contribution in [3.05, 3.63) is 29.8 Å². The smallest absolute Gasteiger partial charge is 0.251 e. The summed E-state index contributed by atoms with van der Waals surface area (Å²) < 4.78 is 0. The molecule has 1 unspecified atom stereocenters. The largest absolute Gasteiger partial charge is 0.409 e. The normalized spacial score (nSPS) is 12.9. The summed E-state index contributed by atoms with van der Waals surface area (Å²) in [7, 11) is 3.86. The van der Waals surface area contributed by atoms with Crippen molar-refractivity contribution in [1.82, 2.24) is 5.32 Å². The third kappa shape index (κ3) is 3.87. The van der Waals surface area contributed by atoms with Gasteiger partial charge < -0.3 is 21.2 Å². The van der Waals surface area contributed by atoms with Crippen LogP contribution in [-0.4, -0.2) is 37.1 Å². The van der Waals surface area contributed by atoms with Gasteiger partial charge in [-0.25, -0.2) is 0 Å². The fraction of sp³-hybridized carbons (Fsp3) is 0.385. The van der Waals surface area contributed by atoms with Crippen molar-refractivity contribution in [3.63, 3.8) is 0 Å². The molecule has 1 amide bonds. The molecule has 0 aliphatic heterocycles. The number of nitrogens with zero attached hydrogens (tertiary/aromatic N) is 2. The van der Waals surface area contributed by atoms with Crippen LogP contribution in [0.4, 0.5) is 5.69 Å². The van der Waals surface area contributed by atoms with Gasteiger partial charge in [-0.3, -0.25) is 4.79 Å². The number of amides is 1. The molecule has 0 aromatic heterocycles. The van der Waals surface area contributed by atoms with Crippen molar-refractivity contribution in [2.45, 2.75) is 19.4 Å². The van der Waals surface area contributed by atoms with Crippen LogP contribution < -0.4 is 16.0 Å². The first-order chi connectivity index (χ1) is 8.99. The van der Waals surface area contributed by atoms with E-state index >= 15 is 0 Å². The standard InChI is InChI=1S/C13H20N4O2/c1-4-11(12(14)16-19)15-13(18)9-5-7-10(8-6-9)17(2)3/h5-8,11,19H,4H2,1-3H3,(H2,14,16)(H,15,18). The van der Waals surface area contributed by atoms with Gasteiger partial charge in [0.15, 0.2) is 5.84 Å². The van der Waals surface area contributed by atoms with Crippen LogP contribution in [0.2, 0.25) is 0 Å². The van der Waals surface area contributed by atoms with Crippen LogP contribution in [0.1, 0.15) is 23.7 Å². The Morgan fingerprint density at radius 2 is 2.00 bits per heavy atom. The minimum absolute atomic E-state index is 0.000705. The van der Waals surface area contributed by atoms with Gasteiger partial charge in [0.05, 0.1) is 6.04 Å². The number of rotatable bonds is 5. The highest BCUT2D eigenvalue weighted by molar-refractivity contribution is 5.98. The van der Waals surface area contributed by atoms with Gasteiger partial charge >= 0.3 is 0 Å². The summed E-state index contributed by atoms with van der Waals surface area (Å²) in [5, 5.41) is 14.3. The van der Waals surface area contributed by atoms with Crippen molar-refractivity contribution in [2.24, 2.45) is 10.9 Å². The van der Waals surface area contributed by atoms with Crippen LogP contribution in [0.5, 0.6) is 0 Å². The molecular formula is C13H20N4O2. The second-order valence-electron chi connectivity index (χ2n) is 4.40. The molecule has 0 radical (unpaired) electrons. The molecular weight excluding hydrogens is 244 g/mol. The molecule has 1 rings (SSSR count). The molecule has 0 heterocycles. The summed E-state index contributed by atoms with van der Waals surface area (Å²) in [6.07, 6.45) is 0.553. The summed E-state index contributed by atoms with van der Waals surface area (Å²) in [5.41, 5.74) is 7.05. The Bertz CT molecular complexity index is 454. The maximum atomic E-state index is 12.0. The van der Waals surface area contributed by atoms with Gasteiger partial charge in [0.1, 0.15) is 0 Å². The van der Waals surface area contributed by atoms with E-state index < -0.39 is 6.04 Å². The second-order valence-corrected chi connectivity index (χ2v) is 4.40. The number of hydrogen-bond acceptors (Lipinski definition) is 4. The fourth-order valence-electron chi connectivity index (χ4n) is 1.61. The third-order valence-corrected chi connectivity index (χ3v) is 2.83. The van der Waals surface area contributed by atoms with E-state index in [1.54, 1.807) is 12.1 Å². The third-order valence-electron chi connectivity index (χ3n) is 2.83. The van der Waals surface area contributed by atoms with Gasteiger partial charge in [-0.15, -0.1) is 0 Å². The number of amidine groups is 1. The molecule has 1 aromatic carbocycles. The minimum atomic E-state index is -0.467. The number of oxime groups is 1. The highest BCUT2D eigenvalue weighted by atomic mass is 16.4. The zero-order valence-corrected chi connectivity index (χ0v) is 11.4. The average molecular weight is 264 g/mol. The Labute approximate surface area is 112 Å². The summed E-state index contributed by atoms with van der Waals surface area (Å²) >= 11 is 0. The Hall–Kier alpha value is -2.24. The Morgan fingerprint density at radius 3 is 2.42 bits per heavy atom. The second kappa shape index (κ2) is 6.63. The lowest BCUT2D eigenvalue weighted by atomic mass is 10.1. The Balaban J connectivity index is 2.77. The summed E-state index contributed by atoms with van der Waals surface area (Å²) in [4.78, 5) is 13.9. The van der Waals surface area contributed by atoms with Crippen molar-refractivity contribution < 1.29 is 10.0 Å². The first kappa shape index (κ1) is 14.8. The molecule has 0 spiro atoms. The fourth-order valence-corrected chi connectivity index (χ4v) is 1.61. The molecule has 4 N–H and O–H groups in total. The van der Waals surface area contributed by atoms with Crippen molar-refractivity contribution in [1.29, 1.82) is 0 Å². The number of benzene rings is 1. The van der Waals surface area contributed by atoms with Gasteiger partial charge in [-0.05, 0) is 30.7 Å². The van der Waals surface area contributed by atoms with Crippen LogP contribution in [0.25, 0.3) is 0 Å². The van der Waals surface area contributed by atoms with Crippen LogP contribution >= 0.6 is 0 Å². The SMILES string of the molecule is CCC(NC(=O)c1ccc(N(C)C)cc1)/C(N)=N/O. The van der Waals surface area contributed by atoms with Crippen LogP contribution in [-0.2, 0) is 0 Å². The Morgan fingerprint density at radius 1 is 1.42 bits per heavy atom. The molecule has 104 valence electrons. The lowest BCUT2D eigenvalue weighted by Crippen LogP contribution is -2.44. The molecule has 0 saturated carbocycles. The first-order valence-corrected chi connectivity index (χ1v) is 6.05. The van der Waals surface area contributed by atoms with E-state index in [0.717, 1.165) is 5.69 Å². The number of nitrogens with two attached hydrogens (primary N) is 1. The molecule has 0 fully saturated rings. The maximum Gasteiger partial charge on any atom is 0.251 e. The average Bonchev–Trinajstić information content (AvgIpc) is 2.43. The quantitative estimate of drug-likeness (QED) is 0.320. The lowest BCUT2D eigenvalue weighted by molar-refractivity contribution is 0.0945. The van der Waals surface area contributed by atoms with E-state index in [9.17, 15) is 4.79 Å². The van der Waals surface area contributed by atoms with Crippen LogP contribution in [0.3, 0.4) is 0 Å². The van der Waals surface area contributed by atoms with Crippen molar-refractivity contribution in [3.8, 4) is 0 Å². The molecule has 1 aromatic rings. The van der Waals surface area contributed by atoms with Crippen LogP contribution in [0, 0.1) is 0 Å². The predicted molar refractivity (Wildman–Crippen MR) is 75.7 cm³/mol. The number of carbonyl (C=O) groups is 1. The first-order valence-electron chi connectivity index (χ1n) is 6.05. The van der Waals surface area contributed by atoms with Gasteiger partial charge in [0, 0.05) is 25.3 Å². The van der Waals surface area contributed by atoms with Crippen molar-refractivity contribution >= 4 is 17.4 Å². The van der Waals surface area contributed by atoms with E-state index in [-0.39, 0.29) is 11.7 Å². The van der Waals surface area contributed by atoms with Gasteiger partial charge in [-0.2, -0.15) is 0 Å². The molecule has 19 heavy (non-hydrogen) atoms. The molecule has 0 saturated heterocycles. The molecule has 0 bridgehead atoms. The van der Waals surface area contributed by atoms with E-state index in [1.165, 1.54) is 0 Å². The lowest BCUT2D eigenvalue weighted by Gasteiger charge is -2.16. The zero-order chi connectivity index (χ0) is 14.4. The molecule has 6 nitrogen and oxygen atoms in total. The minimum Gasteiger partial charge on any atom is -0.409 e. The number of carbonyl (C=O) groups excluding carboxylic acids is 1. The number of nitrogens with one attached hydrogen (secondary N) is 1. The summed E-state index contributed by atoms with van der Waals surface area (Å²) in [5.74, 6) is -0.246. The van der Waals surface area contributed by atoms with Gasteiger partial charge in [0.2, 0.25) is 0 Å². The number of hydrogen-bond donors (Lipinski definition) is 3. The predicted octanol–water partition coefficient (Wildman–Crippen LogP) is 1.01. The van der Waals surface area contributed by atoms with E-state index in [2.05, 4.69) is 10.5 Å². The zero-order valence-electron chi connectivity index (χ0n) is 11.4. The summed E-state index contributed by atoms with van der Waals surface area (Å²) in [6.45, 7) is 1.85. The van der Waals surface area contributed by atoms with E-state index in [0.29, 0.717) is 12.0 Å². The molecule has 1 atom stereocenters. The van der Waals surface area contributed by atoms with E-state index in [1.807, 2.05) is 38.1 Å². The molecule has 0 aliphatic rings. The topological polar surface area (TPSA) is 91.0 Å². The molecule has 6 heteroatoms. The van der Waals surface area contributed by atoms with Gasteiger partial charge in [0.25, 0.3) is 5.91 Å². The maximum absolute atomic E-state index is 12.0. The van der Waals surface area contributed by atoms with E-state index in [4.69, 9.17) is 10.9 Å². The number of anilines is 1. The highest BCUT2D eigenvalue weighted by Crippen LogP contribution is 2.12. The molecule has 0 aliphatic carbocycles. The van der Waals surface area contributed by atoms with Crippen molar-refractivity contribution in [2.75, 3.05) is 19.0 Å². The van der Waals surface area contributed by atoms with Gasteiger partial charge in [-0.1, -0.05) is 12.1 Å². The van der Waals surface area contributed by atoms with Crippen LogP contribution in [0.15, 0.2) is 29.4 Å². The highest BCUT2D eigenvalue weighted by Gasteiger charge is 2.15. The monoisotopic (exact) mass is 264 g/mol.